The van der Waals surface area contributed by atoms with Gasteiger partial charge < -0.3 is 10.6 Å². The van der Waals surface area contributed by atoms with Gasteiger partial charge >= 0.3 is 0 Å². The first kappa shape index (κ1) is 23.6. The Morgan fingerprint density at radius 3 is 2.69 bits per heavy atom. The normalized spacial score (nSPS) is 18.8. The van der Waals surface area contributed by atoms with E-state index < -0.39 is 9.84 Å². The van der Waals surface area contributed by atoms with Gasteiger partial charge in [-0.15, -0.1) is 35.3 Å². The summed E-state index contributed by atoms with van der Waals surface area (Å²) in [6.45, 7) is 8.77. The Hall–Kier alpha value is -0.390. The fourth-order valence-electron chi connectivity index (χ4n) is 2.73. The van der Waals surface area contributed by atoms with Crippen LogP contribution in [0.5, 0.6) is 0 Å². The van der Waals surface area contributed by atoms with Crippen LogP contribution in [0.4, 0.5) is 0 Å². The van der Waals surface area contributed by atoms with Gasteiger partial charge in [-0.2, -0.15) is 0 Å². The number of aliphatic imine (C=N–C) groups is 1. The predicted octanol–water partition coefficient (Wildman–Crippen LogP) is 1.83. The average molecular weight is 514 g/mol. The Labute approximate surface area is 178 Å². The molecule has 2 heterocycles. The van der Waals surface area contributed by atoms with E-state index in [9.17, 15) is 8.42 Å². The number of rotatable bonds is 8. The third-order valence-corrected chi connectivity index (χ3v) is 6.70. The van der Waals surface area contributed by atoms with Crippen LogP contribution in [0, 0.1) is 5.92 Å². The van der Waals surface area contributed by atoms with Gasteiger partial charge in [-0.1, -0.05) is 13.0 Å². The molecule has 1 aliphatic heterocycles. The second-order valence-corrected chi connectivity index (χ2v) is 9.86. The fraction of sp³-hybridized carbons (Fsp3) is 0.706. The van der Waals surface area contributed by atoms with Crippen LogP contribution >= 0.6 is 35.3 Å². The summed E-state index contributed by atoms with van der Waals surface area (Å²) in [4.78, 5) is 8.28. The first-order valence-corrected chi connectivity index (χ1v) is 11.7. The summed E-state index contributed by atoms with van der Waals surface area (Å²) < 4.78 is 22.9. The topological polar surface area (TPSA) is 73.8 Å². The lowest BCUT2D eigenvalue weighted by Gasteiger charge is -2.26. The summed E-state index contributed by atoms with van der Waals surface area (Å²) in [7, 11) is -2.80. The van der Waals surface area contributed by atoms with Gasteiger partial charge in [0.1, 0.15) is 0 Å². The van der Waals surface area contributed by atoms with Crippen molar-refractivity contribution >= 4 is 51.1 Å². The molecule has 1 aliphatic rings. The Morgan fingerprint density at radius 1 is 1.35 bits per heavy atom. The average Bonchev–Trinajstić information content (AvgIpc) is 3.07. The Balaban J connectivity index is 0.00000338. The lowest BCUT2D eigenvalue weighted by molar-refractivity contribution is 0.299. The zero-order valence-electron chi connectivity index (χ0n) is 15.6. The van der Waals surface area contributed by atoms with Gasteiger partial charge in [0, 0.05) is 44.1 Å². The van der Waals surface area contributed by atoms with Gasteiger partial charge in [0.25, 0.3) is 0 Å². The first-order chi connectivity index (χ1) is 12.0. The van der Waals surface area contributed by atoms with E-state index in [0.29, 0.717) is 19.0 Å². The molecule has 0 spiro atoms. The molecule has 1 aromatic rings. The summed E-state index contributed by atoms with van der Waals surface area (Å²) in [5.74, 6) is 1.90. The quantitative estimate of drug-likeness (QED) is 0.315. The van der Waals surface area contributed by atoms with Crippen molar-refractivity contribution in [2.75, 3.05) is 50.8 Å². The SMILES string of the molecule is CCNC(=NCC(C)Cc1cccs1)NCCN1CCS(=O)(=O)CC1.I. The largest absolute Gasteiger partial charge is 0.357 e. The molecule has 9 heteroatoms. The summed E-state index contributed by atoms with van der Waals surface area (Å²) in [6, 6.07) is 4.26. The maximum absolute atomic E-state index is 11.5. The fourth-order valence-corrected chi connectivity index (χ4v) is 4.88. The smallest absolute Gasteiger partial charge is 0.191 e. The van der Waals surface area contributed by atoms with Gasteiger partial charge in [-0.25, -0.2) is 8.42 Å². The highest BCUT2D eigenvalue weighted by molar-refractivity contribution is 14.0. The summed E-state index contributed by atoms with van der Waals surface area (Å²) in [5, 5.41) is 8.74. The van der Waals surface area contributed by atoms with Crippen LogP contribution in [-0.4, -0.2) is 70.1 Å². The summed E-state index contributed by atoms with van der Waals surface area (Å²) in [5.41, 5.74) is 0. The van der Waals surface area contributed by atoms with E-state index in [2.05, 4.69) is 51.9 Å². The highest BCUT2D eigenvalue weighted by Gasteiger charge is 2.20. The molecule has 150 valence electrons. The molecule has 1 fully saturated rings. The monoisotopic (exact) mass is 514 g/mol. The molecular formula is C17H31IN4O2S2. The van der Waals surface area contributed by atoms with Crippen molar-refractivity contribution in [1.29, 1.82) is 0 Å². The second-order valence-electron chi connectivity index (χ2n) is 6.53. The van der Waals surface area contributed by atoms with Crippen molar-refractivity contribution in [2.45, 2.75) is 20.3 Å². The van der Waals surface area contributed by atoms with Crippen LogP contribution in [0.1, 0.15) is 18.7 Å². The molecule has 26 heavy (non-hydrogen) atoms. The van der Waals surface area contributed by atoms with Crippen molar-refractivity contribution in [3.8, 4) is 0 Å². The minimum atomic E-state index is -2.80. The van der Waals surface area contributed by atoms with Crippen LogP contribution < -0.4 is 10.6 Å². The van der Waals surface area contributed by atoms with Gasteiger partial charge in [-0.05, 0) is 30.7 Å². The molecule has 0 aliphatic carbocycles. The molecule has 0 amide bonds. The molecule has 2 N–H and O–H groups in total. The number of hydrogen-bond donors (Lipinski definition) is 2. The lowest BCUT2D eigenvalue weighted by Crippen LogP contribution is -2.46. The maximum atomic E-state index is 11.5. The third kappa shape index (κ3) is 9.01. The van der Waals surface area contributed by atoms with E-state index in [0.717, 1.165) is 38.6 Å². The van der Waals surface area contributed by atoms with Crippen LogP contribution in [-0.2, 0) is 16.3 Å². The molecule has 0 bridgehead atoms. The maximum Gasteiger partial charge on any atom is 0.191 e. The van der Waals surface area contributed by atoms with E-state index in [4.69, 9.17) is 0 Å². The molecule has 1 unspecified atom stereocenters. The number of nitrogens with one attached hydrogen (secondary N) is 2. The van der Waals surface area contributed by atoms with Crippen molar-refractivity contribution in [3.63, 3.8) is 0 Å². The van der Waals surface area contributed by atoms with Crippen molar-refractivity contribution in [3.05, 3.63) is 22.4 Å². The molecule has 0 aromatic carbocycles. The van der Waals surface area contributed by atoms with Crippen LogP contribution in [0.15, 0.2) is 22.5 Å². The van der Waals surface area contributed by atoms with Gasteiger partial charge in [0.05, 0.1) is 11.5 Å². The van der Waals surface area contributed by atoms with E-state index in [1.54, 1.807) is 11.3 Å². The Morgan fingerprint density at radius 2 is 2.08 bits per heavy atom. The van der Waals surface area contributed by atoms with Gasteiger partial charge in [-0.3, -0.25) is 9.89 Å². The zero-order chi connectivity index (χ0) is 18.1. The number of thiophene rings is 1. The van der Waals surface area contributed by atoms with E-state index in [1.807, 2.05) is 0 Å². The molecule has 1 atom stereocenters. The molecule has 1 saturated heterocycles. The number of sulfone groups is 1. The van der Waals surface area contributed by atoms with E-state index in [-0.39, 0.29) is 35.5 Å². The third-order valence-electron chi connectivity index (χ3n) is 4.19. The lowest BCUT2D eigenvalue weighted by atomic mass is 10.1. The van der Waals surface area contributed by atoms with Crippen molar-refractivity contribution in [1.82, 2.24) is 15.5 Å². The minimum absolute atomic E-state index is 0. The first-order valence-electron chi connectivity index (χ1n) is 8.96. The van der Waals surface area contributed by atoms with E-state index >= 15 is 0 Å². The number of guanidine groups is 1. The zero-order valence-corrected chi connectivity index (χ0v) is 19.6. The number of hydrogen-bond acceptors (Lipinski definition) is 5. The highest BCUT2D eigenvalue weighted by Crippen LogP contribution is 2.14. The molecule has 0 saturated carbocycles. The highest BCUT2D eigenvalue weighted by atomic mass is 127. The van der Waals surface area contributed by atoms with Crippen LogP contribution in [0.2, 0.25) is 0 Å². The Kier molecular flexibility index (Phi) is 11.0. The van der Waals surface area contributed by atoms with Gasteiger partial charge in [0.15, 0.2) is 15.8 Å². The predicted molar refractivity (Wildman–Crippen MR) is 122 cm³/mol. The standard InChI is InChI=1S/C17H30N4O2S2.HI/c1-3-18-17(20-14-15(2)13-16-5-4-10-24-16)19-6-7-21-8-11-25(22,23)12-9-21;/h4-5,10,15H,3,6-9,11-14H2,1-2H3,(H2,18,19,20);1H. The molecule has 1 aromatic heterocycles. The second kappa shape index (κ2) is 12.1. The van der Waals surface area contributed by atoms with Crippen molar-refractivity contribution in [2.24, 2.45) is 10.9 Å². The van der Waals surface area contributed by atoms with E-state index in [1.165, 1.54) is 4.88 Å². The van der Waals surface area contributed by atoms with Gasteiger partial charge in [0.2, 0.25) is 0 Å². The number of nitrogens with zero attached hydrogens (tertiary/aromatic N) is 2. The molecular weight excluding hydrogens is 483 g/mol. The summed E-state index contributed by atoms with van der Waals surface area (Å²) >= 11 is 1.80. The number of halogens is 1. The molecule has 6 nitrogen and oxygen atoms in total. The Bertz CT molecular complexity index is 621. The molecule has 2 rings (SSSR count). The molecule has 0 radical (unpaired) electrons. The summed E-state index contributed by atoms with van der Waals surface area (Å²) in [6.07, 6.45) is 1.06. The van der Waals surface area contributed by atoms with Crippen LogP contribution in [0.3, 0.4) is 0 Å². The van der Waals surface area contributed by atoms with Crippen molar-refractivity contribution < 1.29 is 8.42 Å². The minimum Gasteiger partial charge on any atom is -0.357 e. The van der Waals surface area contributed by atoms with Crippen LogP contribution in [0.25, 0.3) is 0 Å².